The van der Waals surface area contributed by atoms with Gasteiger partial charge in [-0.25, -0.2) is 5.43 Å². The first kappa shape index (κ1) is 22.8. The van der Waals surface area contributed by atoms with Gasteiger partial charge >= 0.3 is 0 Å². The van der Waals surface area contributed by atoms with Crippen molar-refractivity contribution in [3.63, 3.8) is 0 Å². The Morgan fingerprint density at radius 2 is 1.13 bits per heavy atom. The minimum atomic E-state index is -1.05. The molecule has 140 valence electrons. The van der Waals surface area contributed by atoms with Crippen LogP contribution in [-0.2, 0) is 0 Å². The smallest absolute Gasteiger partial charge is 0.134 e. The van der Waals surface area contributed by atoms with E-state index >= 15 is 0 Å². The molecular weight excluding hydrogens is 290 g/mol. The Balaban J connectivity index is 3.24. The molecule has 0 aliphatic heterocycles. The van der Waals surface area contributed by atoms with Gasteiger partial charge in [-0.15, -0.1) is 0 Å². The topological polar surface area (TPSA) is 105 Å². The molecular formula is C18H41N3O2. The number of rotatable bonds is 17. The maximum Gasteiger partial charge on any atom is 0.134 e. The van der Waals surface area contributed by atoms with Gasteiger partial charge in [-0.2, -0.15) is 0 Å². The predicted octanol–water partition coefficient (Wildman–Crippen LogP) is 2.94. The summed E-state index contributed by atoms with van der Waals surface area (Å²) in [5, 5.41) is 19.2. The molecule has 0 spiro atoms. The minimum Gasteiger partial charge on any atom is -0.391 e. The van der Waals surface area contributed by atoms with Crippen molar-refractivity contribution in [1.29, 1.82) is 0 Å². The molecule has 0 saturated carbocycles. The number of nitrogens with two attached hydrogens (primary N) is 2. The van der Waals surface area contributed by atoms with Crippen LogP contribution in [-0.4, -0.2) is 28.6 Å². The maximum absolute atomic E-state index is 9.82. The van der Waals surface area contributed by atoms with Gasteiger partial charge in [0.05, 0.1) is 12.1 Å². The monoisotopic (exact) mass is 331 g/mol. The lowest BCUT2D eigenvalue weighted by molar-refractivity contribution is 0.0318. The van der Waals surface area contributed by atoms with Crippen LogP contribution in [0, 0.1) is 0 Å². The molecule has 0 aliphatic carbocycles. The van der Waals surface area contributed by atoms with Crippen molar-refractivity contribution in [2.75, 3.05) is 0 Å². The molecule has 23 heavy (non-hydrogen) atoms. The summed E-state index contributed by atoms with van der Waals surface area (Å²) in [6, 6.07) is -0.725. The van der Waals surface area contributed by atoms with Crippen molar-refractivity contribution in [2.24, 2.45) is 11.6 Å². The van der Waals surface area contributed by atoms with Crippen LogP contribution in [0.2, 0.25) is 0 Å². The number of hydrogen-bond acceptors (Lipinski definition) is 5. The summed E-state index contributed by atoms with van der Waals surface area (Å²) in [6.07, 6.45) is 15.8. The van der Waals surface area contributed by atoms with Crippen LogP contribution in [0.4, 0.5) is 0 Å². The zero-order valence-corrected chi connectivity index (χ0v) is 15.2. The van der Waals surface area contributed by atoms with Crippen LogP contribution in [0.1, 0.15) is 96.8 Å². The molecule has 5 heteroatoms. The number of aliphatic hydroxyl groups is 2. The Morgan fingerprint density at radius 3 is 1.52 bits per heavy atom. The second kappa shape index (κ2) is 16.7. The van der Waals surface area contributed by atoms with E-state index in [9.17, 15) is 10.2 Å². The standard InChI is InChI=1S/C18H41N3O2/c1-2-3-4-5-6-7-8-9-10-11-12-13-14-15-16(22)17(19)18(23)21-20/h16-18,21-23H,2-15,19-20H2,1H3/t16-,17+,18?/m1/s1. The van der Waals surface area contributed by atoms with Gasteiger partial charge in [0.15, 0.2) is 0 Å². The molecule has 0 saturated heterocycles. The van der Waals surface area contributed by atoms with Crippen molar-refractivity contribution in [3.8, 4) is 0 Å². The molecule has 0 rings (SSSR count). The third kappa shape index (κ3) is 13.9. The van der Waals surface area contributed by atoms with E-state index in [4.69, 9.17) is 11.6 Å². The summed E-state index contributed by atoms with van der Waals surface area (Å²) in [5.74, 6) is 5.09. The minimum absolute atomic E-state index is 0.623. The summed E-state index contributed by atoms with van der Waals surface area (Å²) >= 11 is 0. The highest BCUT2D eigenvalue weighted by Crippen LogP contribution is 2.14. The summed E-state index contributed by atoms with van der Waals surface area (Å²) in [6.45, 7) is 2.26. The summed E-state index contributed by atoms with van der Waals surface area (Å²) < 4.78 is 0. The molecule has 0 aliphatic rings. The van der Waals surface area contributed by atoms with E-state index in [0.717, 1.165) is 12.8 Å². The molecule has 0 fully saturated rings. The van der Waals surface area contributed by atoms with Gasteiger partial charge < -0.3 is 15.9 Å². The molecule has 0 aromatic carbocycles. The lowest BCUT2D eigenvalue weighted by Crippen LogP contribution is -2.53. The molecule has 0 heterocycles. The first-order valence-corrected chi connectivity index (χ1v) is 9.71. The molecule has 1 unspecified atom stereocenters. The van der Waals surface area contributed by atoms with E-state index in [1.165, 1.54) is 70.6 Å². The van der Waals surface area contributed by atoms with Crippen LogP contribution in [0.15, 0.2) is 0 Å². The summed E-state index contributed by atoms with van der Waals surface area (Å²) in [4.78, 5) is 0. The Hall–Kier alpha value is -0.200. The molecule has 5 nitrogen and oxygen atoms in total. The van der Waals surface area contributed by atoms with Gasteiger partial charge in [0.2, 0.25) is 0 Å². The van der Waals surface area contributed by atoms with Crippen molar-refractivity contribution in [3.05, 3.63) is 0 Å². The van der Waals surface area contributed by atoms with E-state index in [2.05, 4.69) is 12.3 Å². The van der Waals surface area contributed by atoms with Crippen LogP contribution in [0.5, 0.6) is 0 Å². The van der Waals surface area contributed by atoms with Gasteiger partial charge in [0.25, 0.3) is 0 Å². The molecule has 0 aromatic rings. The third-order valence-electron chi connectivity index (χ3n) is 4.58. The average Bonchev–Trinajstić information content (AvgIpc) is 2.57. The highest BCUT2D eigenvalue weighted by molar-refractivity contribution is 4.76. The molecule has 0 aromatic heterocycles. The number of nitrogens with one attached hydrogen (secondary N) is 1. The van der Waals surface area contributed by atoms with Crippen LogP contribution in [0.3, 0.4) is 0 Å². The maximum atomic E-state index is 9.82. The Kier molecular flexibility index (Phi) is 16.5. The fraction of sp³-hybridized carbons (Fsp3) is 1.00. The molecule has 0 amide bonds. The van der Waals surface area contributed by atoms with E-state index in [0.29, 0.717) is 6.42 Å². The van der Waals surface area contributed by atoms with E-state index in [1.54, 1.807) is 0 Å². The van der Waals surface area contributed by atoms with E-state index in [1.807, 2.05) is 0 Å². The largest absolute Gasteiger partial charge is 0.391 e. The second-order valence-electron chi connectivity index (χ2n) is 6.79. The van der Waals surface area contributed by atoms with Gasteiger partial charge in [-0.1, -0.05) is 90.4 Å². The van der Waals surface area contributed by atoms with Crippen LogP contribution in [0.25, 0.3) is 0 Å². The summed E-state index contributed by atoms with van der Waals surface area (Å²) in [7, 11) is 0. The number of hydrazine groups is 1. The SMILES string of the molecule is CCCCCCCCCCCCCCC[C@@H](O)[C@H](N)C(O)NN. The molecule has 3 atom stereocenters. The molecule has 7 N–H and O–H groups in total. The lowest BCUT2D eigenvalue weighted by Gasteiger charge is -2.23. The number of unbranched alkanes of at least 4 members (excludes halogenated alkanes) is 12. The van der Waals surface area contributed by atoms with E-state index < -0.39 is 18.4 Å². The van der Waals surface area contributed by atoms with Gasteiger partial charge in [-0.3, -0.25) is 5.84 Å². The first-order chi connectivity index (χ1) is 11.1. The predicted molar refractivity (Wildman–Crippen MR) is 97.6 cm³/mol. The number of hydrogen-bond donors (Lipinski definition) is 5. The van der Waals surface area contributed by atoms with Gasteiger partial charge in [-0.05, 0) is 6.42 Å². The molecule has 0 radical (unpaired) electrons. The fourth-order valence-corrected chi connectivity index (χ4v) is 2.89. The van der Waals surface area contributed by atoms with Crippen LogP contribution < -0.4 is 17.0 Å². The van der Waals surface area contributed by atoms with Crippen molar-refractivity contribution >= 4 is 0 Å². The highest BCUT2D eigenvalue weighted by atomic mass is 16.3. The zero-order chi connectivity index (χ0) is 17.3. The highest BCUT2D eigenvalue weighted by Gasteiger charge is 2.21. The Bertz CT molecular complexity index is 242. The van der Waals surface area contributed by atoms with E-state index in [-0.39, 0.29) is 0 Å². The Morgan fingerprint density at radius 1 is 0.739 bits per heavy atom. The molecule has 0 bridgehead atoms. The van der Waals surface area contributed by atoms with Crippen molar-refractivity contribution in [1.82, 2.24) is 5.43 Å². The Labute approximate surface area is 143 Å². The zero-order valence-electron chi connectivity index (χ0n) is 15.2. The van der Waals surface area contributed by atoms with Crippen molar-refractivity contribution < 1.29 is 10.2 Å². The normalized spacial score (nSPS) is 15.5. The quantitative estimate of drug-likeness (QED) is 0.122. The lowest BCUT2D eigenvalue weighted by atomic mass is 10.0. The average molecular weight is 332 g/mol. The fourth-order valence-electron chi connectivity index (χ4n) is 2.89. The summed E-state index contributed by atoms with van der Waals surface area (Å²) in [5.41, 5.74) is 7.84. The second-order valence-corrected chi connectivity index (χ2v) is 6.79. The first-order valence-electron chi connectivity index (χ1n) is 9.71. The van der Waals surface area contributed by atoms with Gasteiger partial charge in [0.1, 0.15) is 6.23 Å². The van der Waals surface area contributed by atoms with Crippen molar-refractivity contribution in [2.45, 2.75) is 115 Å². The van der Waals surface area contributed by atoms with Crippen LogP contribution >= 0.6 is 0 Å². The number of aliphatic hydroxyl groups excluding tert-OH is 2. The van der Waals surface area contributed by atoms with Gasteiger partial charge in [0, 0.05) is 0 Å². The third-order valence-corrected chi connectivity index (χ3v) is 4.58.